The zero-order chi connectivity index (χ0) is 14.4. The number of anilines is 1. The van der Waals surface area contributed by atoms with Gasteiger partial charge in [0.25, 0.3) is 5.69 Å². The lowest BCUT2D eigenvalue weighted by molar-refractivity contribution is -0.384. The van der Waals surface area contributed by atoms with Crippen molar-refractivity contribution in [3.8, 4) is 0 Å². The lowest BCUT2D eigenvalue weighted by Gasteiger charge is -2.27. The Kier molecular flexibility index (Phi) is 5.76. The van der Waals surface area contributed by atoms with E-state index >= 15 is 0 Å². The van der Waals surface area contributed by atoms with E-state index in [1.54, 1.807) is 13.1 Å². The highest BCUT2D eigenvalue weighted by Gasteiger charge is 2.19. The lowest BCUT2D eigenvalue weighted by atomic mass is 10.1. The summed E-state index contributed by atoms with van der Waals surface area (Å²) in [6, 6.07) is 5.70. The molecule has 1 atom stereocenters. The van der Waals surface area contributed by atoms with E-state index in [-0.39, 0.29) is 10.6 Å². The maximum Gasteiger partial charge on any atom is 0.292 e. The largest absolute Gasteiger partial charge is 0.382 e. The summed E-state index contributed by atoms with van der Waals surface area (Å²) in [6.07, 6.45) is 1.07. The molecule has 0 aromatic heterocycles. The Morgan fingerprint density at radius 1 is 1.42 bits per heavy atom. The van der Waals surface area contributed by atoms with Crippen molar-refractivity contribution in [2.75, 3.05) is 18.9 Å². The molecule has 1 aromatic rings. The molecule has 0 saturated carbocycles. The van der Waals surface area contributed by atoms with Gasteiger partial charge in [0.1, 0.15) is 5.69 Å². The fraction of sp³-hybridized carbons (Fsp3) is 0.571. The number of nitro benzene ring substituents is 1. The number of hydrogen-bond donors (Lipinski definition) is 1. The van der Waals surface area contributed by atoms with Gasteiger partial charge in [0.2, 0.25) is 0 Å². The van der Waals surface area contributed by atoms with Crippen LogP contribution in [0.5, 0.6) is 0 Å². The Bertz CT molecular complexity index is 435. The van der Waals surface area contributed by atoms with Crippen LogP contribution in [0.15, 0.2) is 18.2 Å². The average molecular weight is 265 g/mol. The van der Waals surface area contributed by atoms with Crippen molar-refractivity contribution in [3.63, 3.8) is 0 Å². The molecule has 1 aromatic carbocycles. The molecule has 5 heteroatoms. The minimum absolute atomic E-state index is 0.139. The molecule has 5 nitrogen and oxygen atoms in total. The van der Waals surface area contributed by atoms with Gasteiger partial charge in [0, 0.05) is 25.7 Å². The van der Waals surface area contributed by atoms with E-state index in [0.29, 0.717) is 11.7 Å². The number of nitrogens with one attached hydrogen (secondary N) is 1. The van der Waals surface area contributed by atoms with Gasteiger partial charge in [-0.1, -0.05) is 26.0 Å². The molecule has 19 heavy (non-hydrogen) atoms. The molecule has 1 unspecified atom stereocenters. The summed E-state index contributed by atoms with van der Waals surface area (Å²) in [5.74, 6) is 0. The summed E-state index contributed by atoms with van der Waals surface area (Å²) in [4.78, 5) is 13.0. The van der Waals surface area contributed by atoms with E-state index in [1.165, 1.54) is 6.07 Å². The second kappa shape index (κ2) is 7.09. The molecule has 0 aliphatic carbocycles. The molecule has 0 heterocycles. The molecule has 0 aliphatic rings. The number of hydrogen-bond acceptors (Lipinski definition) is 4. The molecule has 0 radical (unpaired) electrons. The highest BCUT2D eigenvalue weighted by molar-refractivity contribution is 5.66. The van der Waals surface area contributed by atoms with Crippen LogP contribution in [-0.4, -0.2) is 29.5 Å². The van der Waals surface area contributed by atoms with E-state index in [2.05, 4.69) is 31.0 Å². The fourth-order valence-corrected chi connectivity index (χ4v) is 2.22. The number of para-hydroxylation sites is 1. The second-order valence-electron chi connectivity index (χ2n) is 4.64. The van der Waals surface area contributed by atoms with Crippen LogP contribution >= 0.6 is 0 Å². The molecule has 1 rings (SSSR count). The topological polar surface area (TPSA) is 58.4 Å². The molecule has 0 bridgehead atoms. The zero-order valence-corrected chi connectivity index (χ0v) is 12.1. The van der Waals surface area contributed by atoms with Gasteiger partial charge in [-0.25, -0.2) is 0 Å². The number of rotatable bonds is 7. The number of nitrogens with zero attached hydrogens (tertiary/aromatic N) is 2. The van der Waals surface area contributed by atoms with Crippen LogP contribution in [0.25, 0.3) is 0 Å². The van der Waals surface area contributed by atoms with Gasteiger partial charge in [0.15, 0.2) is 0 Å². The molecule has 0 saturated heterocycles. The predicted molar refractivity (Wildman–Crippen MR) is 78.5 cm³/mol. The van der Waals surface area contributed by atoms with E-state index in [4.69, 9.17) is 0 Å². The first-order chi connectivity index (χ1) is 9.04. The monoisotopic (exact) mass is 265 g/mol. The standard InChI is InChI=1S/C14H23N3O2/c1-5-11(3)16(6-2)10-12-8-7-9-13(17(18)19)14(12)15-4/h7-9,11,15H,5-6,10H2,1-4H3. The smallest absolute Gasteiger partial charge is 0.292 e. The Hall–Kier alpha value is -1.62. The van der Waals surface area contributed by atoms with E-state index in [9.17, 15) is 10.1 Å². The van der Waals surface area contributed by atoms with E-state index < -0.39 is 0 Å². The van der Waals surface area contributed by atoms with Crippen LogP contribution in [0, 0.1) is 10.1 Å². The van der Waals surface area contributed by atoms with Gasteiger partial charge in [-0.2, -0.15) is 0 Å². The summed E-state index contributed by atoms with van der Waals surface area (Å²) in [5, 5.41) is 14.0. The van der Waals surface area contributed by atoms with E-state index in [0.717, 1.165) is 25.1 Å². The van der Waals surface area contributed by atoms with Crippen molar-refractivity contribution >= 4 is 11.4 Å². The third-order valence-electron chi connectivity index (χ3n) is 3.57. The van der Waals surface area contributed by atoms with Crippen LogP contribution in [0.3, 0.4) is 0 Å². The third-order valence-corrected chi connectivity index (χ3v) is 3.57. The van der Waals surface area contributed by atoms with E-state index in [1.807, 2.05) is 6.07 Å². The molecule has 0 fully saturated rings. The van der Waals surface area contributed by atoms with Crippen molar-refractivity contribution in [2.45, 2.75) is 39.8 Å². The number of benzene rings is 1. The van der Waals surface area contributed by atoms with Crippen molar-refractivity contribution in [1.29, 1.82) is 0 Å². The molecule has 0 spiro atoms. The summed E-state index contributed by atoms with van der Waals surface area (Å²) in [5.41, 5.74) is 1.73. The second-order valence-corrected chi connectivity index (χ2v) is 4.64. The molecular formula is C14H23N3O2. The first-order valence-corrected chi connectivity index (χ1v) is 6.73. The quantitative estimate of drug-likeness (QED) is 0.607. The van der Waals surface area contributed by atoms with Crippen molar-refractivity contribution in [1.82, 2.24) is 4.90 Å². The van der Waals surface area contributed by atoms with Gasteiger partial charge in [-0.3, -0.25) is 15.0 Å². The Morgan fingerprint density at radius 3 is 2.58 bits per heavy atom. The molecular weight excluding hydrogens is 242 g/mol. The van der Waals surface area contributed by atoms with Crippen molar-refractivity contribution in [3.05, 3.63) is 33.9 Å². The predicted octanol–water partition coefficient (Wildman–Crippen LogP) is 3.26. The molecule has 0 amide bonds. The lowest BCUT2D eigenvalue weighted by Crippen LogP contribution is -2.32. The molecule has 106 valence electrons. The first kappa shape index (κ1) is 15.4. The van der Waals surface area contributed by atoms with Gasteiger partial charge in [-0.15, -0.1) is 0 Å². The Labute approximate surface area is 114 Å². The van der Waals surface area contributed by atoms with Gasteiger partial charge in [-0.05, 0) is 25.5 Å². The normalized spacial score (nSPS) is 12.5. The summed E-state index contributed by atoms with van der Waals surface area (Å²) >= 11 is 0. The average Bonchev–Trinajstić information content (AvgIpc) is 2.43. The maximum absolute atomic E-state index is 11.0. The SMILES string of the molecule is CCC(C)N(CC)Cc1cccc([N+](=O)[O-])c1NC. The number of nitro groups is 1. The van der Waals surface area contributed by atoms with Gasteiger partial charge < -0.3 is 5.32 Å². The third kappa shape index (κ3) is 3.67. The fourth-order valence-electron chi connectivity index (χ4n) is 2.22. The first-order valence-electron chi connectivity index (χ1n) is 6.73. The van der Waals surface area contributed by atoms with Gasteiger partial charge in [0.05, 0.1) is 4.92 Å². The Morgan fingerprint density at radius 2 is 2.11 bits per heavy atom. The minimum Gasteiger partial charge on any atom is -0.382 e. The van der Waals surface area contributed by atoms with Crippen molar-refractivity contribution < 1.29 is 4.92 Å². The van der Waals surface area contributed by atoms with Crippen molar-refractivity contribution in [2.24, 2.45) is 0 Å². The highest BCUT2D eigenvalue weighted by Crippen LogP contribution is 2.29. The Balaban J connectivity index is 3.06. The highest BCUT2D eigenvalue weighted by atomic mass is 16.6. The van der Waals surface area contributed by atoms with Crippen LogP contribution in [0.2, 0.25) is 0 Å². The maximum atomic E-state index is 11.0. The molecule has 1 N–H and O–H groups in total. The summed E-state index contributed by atoms with van der Waals surface area (Å²) in [7, 11) is 1.73. The molecule has 0 aliphatic heterocycles. The van der Waals surface area contributed by atoms with Crippen LogP contribution in [0.4, 0.5) is 11.4 Å². The summed E-state index contributed by atoms with van der Waals surface area (Å²) in [6.45, 7) is 8.10. The van der Waals surface area contributed by atoms with Crippen LogP contribution < -0.4 is 5.32 Å². The van der Waals surface area contributed by atoms with Crippen LogP contribution in [0.1, 0.15) is 32.8 Å². The minimum atomic E-state index is -0.338. The van der Waals surface area contributed by atoms with Crippen LogP contribution in [-0.2, 0) is 6.54 Å². The zero-order valence-electron chi connectivity index (χ0n) is 12.1. The summed E-state index contributed by atoms with van der Waals surface area (Å²) < 4.78 is 0. The van der Waals surface area contributed by atoms with Gasteiger partial charge >= 0.3 is 0 Å².